The lowest BCUT2D eigenvalue weighted by atomic mass is 9.97. The van der Waals surface area contributed by atoms with E-state index in [2.05, 4.69) is 48.5 Å². The van der Waals surface area contributed by atoms with E-state index in [0.29, 0.717) is 0 Å². The number of nitro groups is 1. The molecule has 4 aromatic rings. The van der Waals surface area contributed by atoms with Gasteiger partial charge in [-0.2, -0.15) is 0 Å². The van der Waals surface area contributed by atoms with Crippen LogP contribution in [0.25, 0.3) is 42.2 Å². The van der Waals surface area contributed by atoms with Crippen LogP contribution in [0.1, 0.15) is 11.1 Å². The van der Waals surface area contributed by atoms with Gasteiger partial charge in [-0.25, -0.2) is 0 Å². The molecular weight excluding hydrogens is 711 g/mol. The molecule has 3 nitrogen and oxygen atoms in total. The molecule has 0 unspecified atom stereocenters. The molecule has 0 fully saturated rings. The molecule has 0 aromatic heterocycles. The second-order valence-electron chi connectivity index (χ2n) is 10.2. The Balaban J connectivity index is 1.28. The van der Waals surface area contributed by atoms with Crippen LogP contribution in [-0.2, 0) is 0 Å². The summed E-state index contributed by atoms with van der Waals surface area (Å²) in [6, 6.07) is 22.6. The minimum absolute atomic E-state index is 0.104. The molecule has 0 atom stereocenters. The number of non-ortho nitro benzene ring substituents is 1. The molecule has 4 heterocycles. The van der Waals surface area contributed by atoms with Crippen molar-refractivity contribution in [2.24, 2.45) is 0 Å². The van der Waals surface area contributed by atoms with Crippen LogP contribution in [0.3, 0.4) is 0 Å². The highest BCUT2D eigenvalue weighted by molar-refractivity contribution is 8.47. The van der Waals surface area contributed by atoms with E-state index in [-0.39, 0.29) is 10.6 Å². The van der Waals surface area contributed by atoms with Gasteiger partial charge in [0.05, 0.1) is 30.3 Å². The molecule has 0 bridgehead atoms. The molecule has 224 valence electrons. The van der Waals surface area contributed by atoms with Crippen molar-refractivity contribution in [2.45, 2.75) is 0 Å². The molecule has 0 saturated carbocycles. The zero-order chi connectivity index (χ0) is 30.3. The molecule has 0 radical (unpaired) electrons. The molecule has 45 heavy (non-hydrogen) atoms. The van der Waals surface area contributed by atoms with Crippen molar-refractivity contribution in [3.63, 3.8) is 0 Å². The van der Waals surface area contributed by atoms with Crippen molar-refractivity contribution in [2.75, 3.05) is 23.0 Å². The lowest BCUT2D eigenvalue weighted by molar-refractivity contribution is -0.384. The molecule has 0 saturated heterocycles. The third kappa shape index (κ3) is 6.20. The van der Waals surface area contributed by atoms with Crippen LogP contribution in [0.2, 0.25) is 0 Å². The predicted octanol–water partition coefficient (Wildman–Crippen LogP) is 10.9. The lowest BCUT2D eigenvalue weighted by Gasteiger charge is -2.12. The van der Waals surface area contributed by atoms with Crippen molar-refractivity contribution < 1.29 is 4.92 Å². The van der Waals surface area contributed by atoms with Crippen LogP contribution in [-0.4, -0.2) is 27.9 Å². The second kappa shape index (κ2) is 13.4. The average molecular weight is 734 g/mol. The smallest absolute Gasteiger partial charge is 0.258 e. The highest BCUT2D eigenvalue weighted by Crippen LogP contribution is 2.61. The number of thioether (sulfide) groups is 8. The highest BCUT2D eigenvalue weighted by atomic mass is 32.3. The Hall–Kier alpha value is -1.70. The van der Waals surface area contributed by atoms with Crippen molar-refractivity contribution in [3.8, 4) is 0 Å². The van der Waals surface area contributed by atoms with Crippen LogP contribution >= 0.6 is 94.1 Å². The zero-order valence-electron chi connectivity index (χ0n) is 23.5. The van der Waals surface area contributed by atoms with E-state index >= 15 is 0 Å². The van der Waals surface area contributed by atoms with E-state index in [9.17, 15) is 10.1 Å². The van der Waals surface area contributed by atoms with Gasteiger partial charge < -0.3 is 0 Å². The largest absolute Gasteiger partial charge is 0.269 e. The van der Waals surface area contributed by atoms with Crippen LogP contribution < -0.4 is 10.4 Å². The molecule has 4 aliphatic rings. The molecule has 0 amide bonds. The van der Waals surface area contributed by atoms with Crippen molar-refractivity contribution in [3.05, 3.63) is 128 Å². The van der Waals surface area contributed by atoms with Gasteiger partial charge in [0.2, 0.25) is 0 Å². The van der Waals surface area contributed by atoms with Crippen LogP contribution in [0, 0.1) is 10.1 Å². The Kier molecular flexibility index (Phi) is 9.14. The zero-order valence-corrected chi connectivity index (χ0v) is 30.1. The summed E-state index contributed by atoms with van der Waals surface area (Å²) in [5.74, 6) is 4.71. The lowest BCUT2D eigenvalue weighted by Crippen LogP contribution is -2.17. The summed E-state index contributed by atoms with van der Waals surface area (Å²) >= 11 is 15.9. The molecule has 11 heteroatoms. The maximum absolute atomic E-state index is 11.0. The highest BCUT2D eigenvalue weighted by Gasteiger charge is 2.29. The summed E-state index contributed by atoms with van der Waals surface area (Å²) in [7, 11) is 0. The Morgan fingerprint density at radius 3 is 1.49 bits per heavy atom. The Morgan fingerprint density at radius 1 is 0.533 bits per heavy atom. The Labute approximate surface area is 294 Å². The summed E-state index contributed by atoms with van der Waals surface area (Å²) < 4.78 is 8.63. The molecule has 8 rings (SSSR count). The van der Waals surface area contributed by atoms with Gasteiger partial charge in [0, 0.05) is 45.6 Å². The summed E-state index contributed by atoms with van der Waals surface area (Å²) in [6.07, 6.45) is 8.17. The van der Waals surface area contributed by atoms with E-state index < -0.39 is 0 Å². The average Bonchev–Trinajstić information content (AvgIpc) is 3.70. The summed E-state index contributed by atoms with van der Waals surface area (Å²) in [5, 5.41) is 19.0. The Bertz CT molecular complexity index is 2110. The maximum atomic E-state index is 11.0. The van der Waals surface area contributed by atoms with E-state index in [1.54, 1.807) is 24.3 Å². The topological polar surface area (TPSA) is 43.1 Å². The molecule has 4 aromatic carbocycles. The minimum atomic E-state index is -0.370. The summed E-state index contributed by atoms with van der Waals surface area (Å²) in [4.78, 5) is 10.6. The number of nitro benzene ring substituents is 1. The van der Waals surface area contributed by atoms with Crippen molar-refractivity contribution in [1.82, 2.24) is 0 Å². The standard InChI is InChI=1S/C34H23NO2S8/c36-35(37)22-12-9-20(10-13-22)5-1-2-6-21-11-14-25-26(19-21)28(30-44-33-34(45-30)41-18-17-40-33)24-8-4-3-7-23(24)27(25)29-42-31-32(43-29)39-16-15-38-31/h1-14,19H,15-18H2/b5-1+,6-2+. The second-order valence-corrected chi connectivity index (χ2v) is 20.2. The minimum Gasteiger partial charge on any atom is -0.258 e. The quantitative estimate of drug-likeness (QED) is 0.0876. The monoisotopic (exact) mass is 733 g/mol. The van der Waals surface area contributed by atoms with E-state index in [4.69, 9.17) is 0 Å². The molecule has 0 aliphatic carbocycles. The normalized spacial score (nSPS) is 18.7. The van der Waals surface area contributed by atoms with Gasteiger partial charge in [-0.3, -0.25) is 10.1 Å². The molecular formula is C34H23NO2S8. The van der Waals surface area contributed by atoms with E-state index in [1.807, 2.05) is 112 Å². The first-order chi connectivity index (χ1) is 22.1. The number of allylic oxidation sites excluding steroid dienone is 2. The fourth-order valence-electron chi connectivity index (χ4n) is 5.42. The molecule has 0 spiro atoms. The first-order valence-corrected chi connectivity index (χ1v) is 21.4. The van der Waals surface area contributed by atoms with Gasteiger partial charge in [0.15, 0.2) is 0 Å². The maximum Gasteiger partial charge on any atom is 0.269 e. The summed E-state index contributed by atoms with van der Waals surface area (Å²) in [6.45, 7) is 0. The van der Waals surface area contributed by atoms with Gasteiger partial charge in [-0.05, 0) is 50.9 Å². The summed E-state index contributed by atoms with van der Waals surface area (Å²) in [5.41, 5.74) is 2.18. The van der Waals surface area contributed by atoms with E-state index in [0.717, 1.165) is 11.1 Å². The first-order valence-electron chi connectivity index (χ1n) is 14.2. The van der Waals surface area contributed by atoms with E-state index in [1.165, 1.54) is 80.4 Å². The predicted molar refractivity (Wildman–Crippen MR) is 213 cm³/mol. The van der Waals surface area contributed by atoms with Crippen molar-refractivity contribution in [1.29, 1.82) is 0 Å². The fraction of sp³-hybridized carbons (Fsp3) is 0.118. The van der Waals surface area contributed by atoms with Gasteiger partial charge in [0.1, 0.15) is 0 Å². The third-order valence-electron chi connectivity index (χ3n) is 7.42. The number of nitrogens with zero attached hydrogens (tertiary/aromatic N) is 1. The van der Waals surface area contributed by atoms with Gasteiger partial charge >= 0.3 is 0 Å². The van der Waals surface area contributed by atoms with Gasteiger partial charge in [-0.1, -0.05) is 108 Å². The number of benzene rings is 4. The van der Waals surface area contributed by atoms with Gasteiger partial charge in [0.25, 0.3) is 5.69 Å². The fourth-order valence-corrected chi connectivity index (χ4v) is 17.6. The Morgan fingerprint density at radius 2 is 0.978 bits per heavy atom. The van der Waals surface area contributed by atoms with Crippen LogP contribution in [0.5, 0.6) is 0 Å². The molecule has 0 N–H and O–H groups in total. The number of fused-ring (bicyclic) bond motifs is 2. The van der Waals surface area contributed by atoms with Crippen LogP contribution in [0.15, 0.2) is 95.8 Å². The van der Waals surface area contributed by atoms with Crippen LogP contribution in [0.4, 0.5) is 5.69 Å². The number of rotatable bonds is 4. The number of hydrogen-bond donors (Lipinski definition) is 0. The third-order valence-corrected chi connectivity index (χ3v) is 19.0. The van der Waals surface area contributed by atoms with Gasteiger partial charge in [-0.15, -0.1) is 47.0 Å². The molecule has 4 aliphatic heterocycles. The number of hydrogen-bond acceptors (Lipinski definition) is 10. The van der Waals surface area contributed by atoms with Crippen molar-refractivity contribution >= 4 is 142 Å². The SMILES string of the molecule is O=[N+]([O-])c1ccc(/C=C/C=C/c2ccc3c(=C4SC5=C(SCCS5)S4)c4ccccc4c(=C4SC5=C(SCCS5)S4)c3c2)cc1. The first kappa shape index (κ1) is 30.6.